The summed E-state index contributed by atoms with van der Waals surface area (Å²) >= 11 is 12.1. The highest BCUT2D eigenvalue weighted by Gasteiger charge is 2.11. The predicted molar refractivity (Wildman–Crippen MR) is 69.7 cm³/mol. The summed E-state index contributed by atoms with van der Waals surface area (Å²) < 4.78 is 13.3. The van der Waals surface area contributed by atoms with Gasteiger partial charge in [-0.05, 0) is 29.3 Å². The minimum atomic E-state index is -0.326. The maximum absolute atomic E-state index is 13.3. The Morgan fingerprint density at radius 2 is 1.82 bits per heavy atom. The van der Waals surface area contributed by atoms with E-state index >= 15 is 0 Å². The Morgan fingerprint density at radius 3 is 2.53 bits per heavy atom. The summed E-state index contributed by atoms with van der Waals surface area (Å²) in [7, 11) is 0. The van der Waals surface area contributed by atoms with Crippen LogP contribution in [-0.4, -0.2) is 0 Å². The molecule has 0 heterocycles. The van der Waals surface area contributed by atoms with Crippen LogP contribution in [-0.2, 0) is 6.54 Å². The van der Waals surface area contributed by atoms with Crippen LogP contribution < -0.4 is 5.73 Å². The van der Waals surface area contributed by atoms with E-state index in [-0.39, 0.29) is 5.82 Å². The molecule has 0 aromatic heterocycles. The van der Waals surface area contributed by atoms with Crippen LogP contribution in [0.15, 0.2) is 36.4 Å². The third kappa shape index (κ3) is 2.44. The van der Waals surface area contributed by atoms with Gasteiger partial charge in [-0.2, -0.15) is 0 Å². The van der Waals surface area contributed by atoms with Crippen molar-refractivity contribution in [2.75, 3.05) is 0 Å². The number of benzene rings is 2. The third-order valence-corrected chi connectivity index (χ3v) is 3.35. The first-order valence-electron chi connectivity index (χ1n) is 5.06. The second-order valence-corrected chi connectivity index (χ2v) is 4.39. The zero-order valence-corrected chi connectivity index (χ0v) is 10.4. The Morgan fingerprint density at radius 1 is 1.06 bits per heavy atom. The Labute approximate surface area is 109 Å². The van der Waals surface area contributed by atoms with Crippen LogP contribution in [0.2, 0.25) is 10.0 Å². The average Bonchev–Trinajstić information content (AvgIpc) is 2.33. The Bertz CT molecular complexity index is 555. The van der Waals surface area contributed by atoms with Gasteiger partial charge in [-0.15, -0.1) is 0 Å². The molecule has 0 atom stereocenters. The van der Waals surface area contributed by atoms with Gasteiger partial charge in [0, 0.05) is 12.1 Å². The largest absolute Gasteiger partial charge is 0.326 e. The van der Waals surface area contributed by atoms with E-state index in [1.54, 1.807) is 24.3 Å². The first-order valence-corrected chi connectivity index (χ1v) is 5.82. The summed E-state index contributed by atoms with van der Waals surface area (Å²) in [6.07, 6.45) is 0. The molecule has 0 saturated heterocycles. The molecule has 88 valence electrons. The van der Waals surface area contributed by atoms with Gasteiger partial charge in [0.25, 0.3) is 0 Å². The minimum Gasteiger partial charge on any atom is -0.326 e. The van der Waals surface area contributed by atoms with Crippen molar-refractivity contribution in [3.63, 3.8) is 0 Å². The molecule has 0 fully saturated rings. The van der Waals surface area contributed by atoms with Crippen LogP contribution >= 0.6 is 23.2 Å². The van der Waals surface area contributed by atoms with E-state index in [9.17, 15) is 4.39 Å². The van der Waals surface area contributed by atoms with E-state index in [2.05, 4.69) is 0 Å². The van der Waals surface area contributed by atoms with Crippen LogP contribution in [0, 0.1) is 5.82 Å². The van der Waals surface area contributed by atoms with E-state index < -0.39 is 0 Å². The molecule has 0 bridgehead atoms. The molecule has 17 heavy (non-hydrogen) atoms. The Kier molecular flexibility index (Phi) is 3.67. The summed E-state index contributed by atoms with van der Waals surface area (Å²) in [6, 6.07) is 9.71. The lowest BCUT2D eigenvalue weighted by Gasteiger charge is -2.10. The van der Waals surface area contributed by atoms with Crippen molar-refractivity contribution in [1.29, 1.82) is 0 Å². The monoisotopic (exact) mass is 269 g/mol. The van der Waals surface area contributed by atoms with Crippen molar-refractivity contribution < 1.29 is 4.39 Å². The van der Waals surface area contributed by atoms with Gasteiger partial charge in [0.15, 0.2) is 0 Å². The molecule has 2 rings (SSSR count). The Balaban J connectivity index is 2.67. The normalized spacial score (nSPS) is 10.6. The lowest BCUT2D eigenvalue weighted by molar-refractivity contribution is 0.627. The molecule has 0 aliphatic heterocycles. The summed E-state index contributed by atoms with van der Waals surface area (Å²) in [5.41, 5.74) is 7.83. The van der Waals surface area contributed by atoms with Gasteiger partial charge >= 0.3 is 0 Å². The second-order valence-electron chi connectivity index (χ2n) is 3.61. The summed E-state index contributed by atoms with van der Waals surface area (Å²) in [4.78, 5) is 0. The molecule has 0 radical (unpaired) electrons. The molecule has 0 aliphatic rings. The predicted octanol–water partition coefficient (Wildman–Crippen LogP) is 4.26. The molecule has 0 saturated carbocycles. The molecular weight excluding hydrogens is 260 g/mol. The molecule has 0 spiro atoms. The topological polar surface area (TPSA) is 26.0 Å². The van der Waals surface area contributed by atoms with Crippen LogP contribution in [0.5, 0.6) is 0 Å². The first-order chi connectivity index (χ1) is 8.13. The maximum Gasteiger partial charge on any atom is 0.123 e. The van der Waals surface area contributed by atoms with Gasteiger partial charge in [0.05, 0.1) is 10.0 Å². The van der Waals surface area contributed by atoms with E-state index in [0.717, 1.165) is 5.56 Å². The second kappa shape index (κ2) is 5.05. The van der Waals surface area contributed by atoms with Gasteiger partial charge in [-0.1, -0.05) is 41.4 Å². The van der Waals surface area contributed by atoms with Gasteiger partial charge in [-0.3, -0.25) is 0 Å². The fraction of sp³-hybridized carbons (Fsp3) is 0.0769. The van der Waals surface area contributed by atoms with Crippen LogP contribution in [0.25, 0.3) is 11.1 Å². The van der Waals surface area contributed by atoms with Crippen molar-refractivity contribution in [3.05, 3.63) is 57.8 Å². The minimum absolute atomic E-state index is 0.318. The zero-order chi connectivity index (χ0) is 12.4. The Hall–Kier alpha value is -1.09. The first kappa shape index (κ1) is 12.4. The van der Waals surface area contributed by atoms with Crippen LogP contribution in [0.1, 0.15) is 5.56 Å². The van der Waals surface area contributed by atoms with E-state index in [1.807, 2.05) is 0 Å². The average molecular weight is 270 g/mol. The highest BCUT2D eigenvalue weighted by Crippen LogP contribution is 2.35. The summed E-state index contributed by atoms with van der Waals surface area (Å²) in [6.45, 7) is 0.318. The van der Waals surface area contributed by atoms with Crippen molar-refractivity contribution in [1.82, 2.24) is 0 Å². The number of hydrogen-bond acceptors (Lipinski definition) is 1. The summed E-state index contributed by atoms with van der Waals surface area (Å²) in [5, 5.41) is 0.853. The lowest BCUT2D eigenvalue weighted by atomic mass is 9.99. The molecule has 2 aromatic carbocycles. The third-order valence-electron chi connectivity index (χ3n) is 2.53. The van der Waals surface area contributed by atoms with Crippen molar-refractivity contribution >= 4 is 23.2 Å². The molecule has 4 heteroatoms. The lowest BCUT2D eigenvalue weighted by Crippen LogP contribution is -1.99. The number of nitrogens with two attached hydrogens (primary N) is 1. The van der Waals surface area contributed by atoms with Crippen LogP contribution in [0.3, 0.4) is 0 Å². The van der Waals surface area contributed by atoms with Crippen molar-refractivity contribution in [2.24, 2.45) is 5.73 Å². The number of rotatable bonds is 2. The van der Waals surface area contributed by atoms with Crippen molar-refractivity contribution in [2.45, 2.75) is 6.54 Å². The number of halogens is 3. The van der Waals surface area contributed by atoms with Gasteiger partial charge < -0.3 is 5.73 Å². The highest BCUT2D eigenvalue weighted by molar-refractivity contribution is 6.43. The molecular formula is C13H10Cl2FN. The SMILES string of the molecule is NCc1ccc(F)cc1-c1cccc(Cl)c1Cl. The molecule has 0 amide bonds. The van der Waals surface area contributed by atoms with Gasteiger partial charge in [0.1, 0.15) is 5.82 Å². The van der Waals surface area contributed by atoms with Crippen molar-refractivity contribution in [3.8, 4) is 11.1 Å². The molecule has 2 aromatic rings. The van der Waals surface area contributed by atoms with E-state index in [4.69, 9.17) is 28.9 Å². The van der Waals surface area contributed by atoms with E-state index in [0.29, 0.717) is 27.7 Å². The maximum atomic E-state index is 13.3. The smallest absolute Gasteiger partial charge is 0.123 e. The van der Waals surface area contributed by atoms with Gasteiger partial charge in [0.2, 0.25) is 0 Å². The van der Waals surface area contributed by atoms with E-state index in [1.165, 1.54) is 12.1 Å². The fourth-order valence-corrected chi connectivity index (χ4v) is 2.09. The standard InChI is InChI=1S/C13H10Cl2FN/c14-12-3-1-2-10(13(12)15)11-6-9(16)5-4-8(11)7-17/h1-6H,7,17H2. The zero-order valence-electron chi connectivity index (χ0n) is 8.88. The molecule has 2 N–H and O–H groups in total. The quantitative estimate of drug-likeness (QED) is 0.866. The molecule has 0 aliphatic carbocycles. The summed E-state index contributed by atoms with van der Waals surface area (Å²) in [5.74, 6) is -0.326. The fourth-order valence-electron chi connectivity index (χ4n) is 1.69. The molecule has 0 unspecified atom stereocenters. The van der Waals surface area contributed by atoms with Crippen LogP contribution in [0.4, 0.5) is 4.39 Å². The molecule has 1 nitrogen and oxygen atoms in total. The van der Waals surface area contributed by atoms with Gasteiger partial charge in [-0.25, -0.2) is 4.39 Å². The number of hydrogen-bond donors (Lipinski definition) is 1. The highest BCUT2D eigenvalue weighted by atomic mass is 35.5.